The Hall–Kier alpha value is -3.35. The van der Waals surface area contributed by atoms with Gasteiger partial charge in [0.05, 0.1) is 5.69 Å². The fourth-order valence-corrected chi connectivity index (χ4v) is 3.79. The molecule has 0 saturated heterocycles. The van der Waals surface area contributed by atoms with Crippen molar-refractivity contribution < 1.29 is 23.9 Å². The Morgan fingerprint density at radius 2 is 1.97 bits per heavy atom. The van der Waals surface area contributed by atoms with Gasteiger partial charge in [-0.25, -0.2) is 0 Å². The van der Waals surface area contributed by atoms with Gasteiger partial charge < -0.3 is 14.8 Å². The Labute approximate surface area is 187 Å². The summed E-state index contributed by atoms with van der Waals surface area (Å²) < 4.78 is 11.3. The van der Waals surface area contributed by atoms with Crippen LogP contribution in [0.3, 0.4) is 0 Å². The van der Waals surface area contributed by atoms with Crippen LogP contribution in [0.25, 0.3) is 0 Å². The summed E-state index contributed by atoms with van der Waals surface area (Å²) in [6.45, 7) is 5.97. The molecule has 1 atom stereocenters. The van der Waals surface area contributed by atoms with Gasteiger partial charge in [-0.15, -0.1) is 0 Å². The molecule has 7 heteroatoms. The summed E-state index contributed by atoms with van der Waals surface area (Å²) in [4.78, 5) is 39.5. The molecule has 0 spiro atoms. The maximum Gasteiger partial charge on any atom is 0.265 e. The lowest BCUT2D eigenvalue weighted by molar-refractivity contribution is -0.127. The van der Waals surface area contributed by atoms with E-state index in [0.29, 0.717) is 35.2 Å². The quantitative estimate of drug-likeness (QED) is 0.643. The van der Waals surface area contributed by atoms with Gasteiger partial charge in [0.1, 0.15) is 17.5 Å². The number of carbonyl (C=O) groups excluding carboxylic acids is 3. The van der Waals surface area contributed by atoms with E-state index in [4.69, 9.17) is 9.47 Å². The van der Waals surface area contributed by atoms with Crippen molar-refractivity contribution in [2.75, 3.05) is 24.7 Å². The van der Waals surface area contributed by atoms with Crippen molar-refractivity contribution in [2.24, 2.45) is 5.92 Å². The Morgan fingerprint density at radius 1 is 1.19 bits per heavy atom. The molecule has 0 bridgehead atoms. The molecular formula is C25H28N2O5. The van der Waals surface area contributed by atoms with Crippen LogP contribution in [0.4, 0.5) is 5.69 Å². The van der Waals surface area contributed by atoms with E-state index >= 15 is 0 Å². The zero-order valence-corrected chi connectivity index (χ0v) is 18.6. The first-order valence-electron chi connectivity index (χ1n) is 10.9. The van der Waals surface area contributed by atoms with Gasteiger partial charge in [-0.2, -0.15) is 0 Å². The van der Waals surface area contributed by atoms with E-state index in [2.05, 4.69) is 5.32 Å². The summed E-state index contributed by atoms with van der Waals surface area (Å²) in [5.41, 5.74) is 2.89. The molecule has 0 radical (unpaired) electrons. The predicted molar refractivity (Wildman–Crippen MR) is 120 cm³/mol. The highest BCUT2D eigenvalue weighted by molar-refractivity contribution is 6.05. The number of rotatable bonds is 8. The molecule has 4 rings (SSSR count). The summed E-state index contributed by atoms with van der Waals surface area (Å²) >= 11 is 0. The van der Waals surface area contributed by atoms with Gasteiger partial charge in [-0.05, 0) is 69.4 Å². The second kappa shape index (κ2) is 9.02. The van der Waals surface area contributed by atoms with E-state index in [9.17, 15) is 14.4 Å². The third kappa shape index (κ3) is 4.77. The molecule has 7 nitrogen and oxygen atoms in total. The van der Waals surface area contributed by atoms with Crippen LogP contribution in [0.15, 0.2) is 36.4 Å². The Kier molecular flexibility index (Phi) is 6.17. The van der Waals surface area contributed by atoms with Crippen LogP contribution < -0.4 is 19.7 Å². The fourth-order valence-electron chi connectivity index (χ4n) is 3.79. The van der Waals surface area contributed by atoms with E-state index in [-0.39, 0.29) is 30.8 Å². The largest absolute Gasteiger partial charge is 0.485 e. The molecule has 2 aromatic rings. The highest BCUT2D eigenvalue weighted by atomic mass is 16.5. The van der Waals surface area contributed by atoms with Crippen LogP contribution in [0.1, 0.15) is 41.3 Å². The summed E-state index contributed by atoms with van der Waals surface area (Å²) in [5, 5.41) is 2.92. The van der Waals surface area contributed by atoms with Crippen LogP contribution >= 0.6 is 0 Å². The molecule has 32 heavy (non-hydrogen) atoms. The predicted octanol–water partition coefficient (Wildman–Crippen LogP) is 3.21. The molecule has 1 N–H and O–H groups in total. The number of amides is 2. The number of hydrogen-bond donors (Lipinski definition) is 1. The lowest BCUT2D eigenvalue weighted by Crippen LogP contribution is -2.51. The monoisotopic (exact) mass is 436 g/mol. The number of carbonyl (C=O) groups is 3. The number of aryl methyl sites for hydroxylation is 2. The first-order chi connectivity index (χ1) is 15.3. The van der Waals surface area contributed by atoms with E-state index in [1.165, 1.54) is 4.90 Å². The molecule has 2 aromatic carbocycles. The highest BCUT2D eigenvalue weighted by Gasteiger charge is 2.34. The van der Waals surface area contributed by atoms with Crippen molar-refractivity contribution in [1.29, 1.82) is 0 Å². The molecule has 2 amide bonds. The zero-order chi connectivity index (χ0) is 22.8. The Bertz CT molecular complexity index is 1060. The number of nitrogens with one attached hydrogen (secondary N) is 1. The van der Waals surface area contributed by atoms with Crippen molar-refractivity contribution in [3.63, 3.8) is 0 Å². The Balaban J connectivity index is 1.50. The van der Waals surface area contributed by atoms with Gasteiger partial charge in [0.15, 0.2) is 19.0 Å². The molecule has 1 unspecified atom stereocenters. The van der Waals surface area contributed by atoms with E-state index in [1.807, 2.05) is 32.0 Å². The van der Waals surface area contributed by atoms with Crippen molar-refractivity contribution >= 4 is 23.3 Å². The summed E-state index contributed by atoms with van der Waals surface area (Å²) in [7, 11) is 0. The third-order valence-electron chi connectivity index (χ3n) is 5.88. The van der Waals surface area contributed by atoms with Crippen LogP contribution in [-0.2, 0) is 9.59 Å². The number of ketones is 1. The van der Waals surface area contributed by atoms with Crippen molar-refractivity contribution in [3.05, 3.63) is 53.1 Å². The topological polar surface area (TPSA) is 84.9 Å². The average molecular weight is 437 g/mol. The van der Waals surface area contributed by atoms with Crippen LogP contribution in [0.2, 0.25) is 0 Å². The number of ether oxygens (including phenoxy) is 2. The smallest absolute Gasteiger partial charge is 0.265 e. The van der Waals surface area contributed by atoms with E-state index in [1.54, 1.807) is 25.1 Å². The van der Waals surface area contributed by atoms with Gasteiger partial charge >= 0.3 is 0 Å². The second-order valence-electron chi connectivity index (χ2n) is 8.58. The summed E-state index contributed by atoms with van der Waals surface area (Å²) in [5.74, 6) is 0.911. The minimum atomic E-state index is -0.708. The molecule has 1 heterocycles. The maximum absolute atomic E-state index is 12.8. The normalized spacial score (nSPS) is 16.1. The van der Waals surface area contributed by atoms with Crippen molar-refractivity contribution in [1.82, 2.24) is 5.32 Å². The standard InChI is InChI=1S/C25H28N2O5/c1-15-4-8-22(16(2)10-15)31-13-21(28)19-7-9-23-20(11-19)27(24(29)14-32-23)17(3)25(30)26-12-18-5-6-18/h4,7-11,17-18H,5-6,12-14H2,1-3H3,(H,26,30). The van der Waals surface area contributed by atoms with Crippen LogP contribution in [0.5, 0.6) is 11.5 Å². The minimum Gasteiger partial charge on any atom is -0.485 e. The summed E-state index contributed by atoms with van der Waals surface area (Å²) in [6, 6.07) is 9.98. The fraction of sp³-hybridized carbons (Fsp3) is 0.400. The van der Waals surface area contributed by atoms with Gasteiger partial charge in [-0.1, -0.05) is 17.7 Å². The zero-order valence-electron chi connectivity index (χ0n) is 18.6. The first-order valence-corrected chi connectivity index (χ1v) is 10.9. The molecule has 2 aliphatic rings. The number of anilines is 1. The summed E-state index contributed by atoms with van der Waals surface area (Å²) in [6.07, 6.45) is 2.26. The van der Waals surface area contributed by atoms with Gasteiger partial charge in [0.2, 0.25) is 5.91 Å². The molecule has 1 saturated carbocycles. The van der Waals surface area contributed by atoms with Crippen molar-refractivity contribution in [2.45, 2.75) is 39.7 Å². The third-order valence-corrected chi connectivity index (χ3v) is 5.88. The van der Waals surface area contributed by atoms with Gasteiger partial charge in [-0.3, -0.25) is 19.3 Å². The maximum atomic E-state index is 12.8. The molecule has 168 valence electrons. The number of hydrogen-bond acceptors (Lipinski definition) is 5. The number of Topliss-reactive ketones (excluding diaryl/α,β-unsaturated/α-hetero) is 1. The van der Waals surface area contributed by atoms with Gasteiger partial charge in [0.25, 0.3) is 5.91 Å². The Morgan fingerprint density at radius 3 is 2.69 bits per heavy atom. The molecule has 1 fully saturated rings. The minimum absolute atomic E-state index is 0.130. The van der Waals surface area contributed by atoms with E-state index < -0.39 is 6.04 Å². The van der Waals surface area contributed by atoms with Gasteiger partial charge in [0, 0.05) is 12.1 Å². The number of nitrogens with zero attached hydrogens (tertiary/aromatic N) is 1. The lowest BCUT2D eigenvalue weighted by Gasteiger charge is -2.33. The number of benzene rings is 2. The molecule has 1 aliphatic heterocycles. The number of fused-ring (bicyclic) bond motifs is 1. The molecule has 1 aliphatic carbocycles. The van der Waals surface area contributed by atoms with Crippen LogP contribution in [-0.4, -0.2) is 43.4 Å². The molecular weight excluding hydrogens is 408 g/mol. The second-order valence-corrected chi connectivity index (χ2v) is 8.58. The first kappa shape index (κ1) is 21.9. The lowest BCUT2D eigenvalue weighted by atomic mass is 10.1. The average Bonchev–Trinajstić information content (AvgIpc) is 3.60. The molecule has 0 aromatic heterocycles. The van der Waals surface area contributed by atoms with Crippen LogP contribution in [0, 0.1) is 19.8 Å². The van der Waals surface area contributed by atoms with E-state index in [0.717, 1.165) is 24.0 Å². The van der Waals surface area contributed by atoms with Crippen molar-refractivity contribution in [3.8, 4) is 11.5 Å². The highest BCUT2D eigenvalue weighted by Crippen LogP contribution is 2.35. The SMILES string of the molecule is Cc1ccc(OCC(=O)c2ccc3c(c2)N(C(C)C(=O)NCC2CC2)C(=O)CO3)c(C)c1.